The minimum atomic E-state index is -0.167. The average Bonchev–Trinajstić information content (AvgIpc) is 3.18. The maximum absolute atomic E-state index is 12.3. The van der Waals surface area contributed by atoms with Gasteiger partial charge in [0.2, 0.25) is 0 Å². The maximum Gasteiger partial charge on any atom is 0.268 e. The van der Waals surface area contributed by atoms with E-state index in [2.05, 4.69) is 15.3 Å². The van der Waals surface area contributed by atoms with E-state index >= 15 is 0 Å². The lowest BCUT2D eigenvalue weighted by Crippen LogP contribution is -2.22. The predicted octanol–water partition coefficient (Wildman–Crippen LogP) is 3.55. The Bertz CT molecular complexity index is 1010. The molecule has 0 saturated carbocycles. The third-order valence-electron chi connectivity index (χ3n) is 3.83. The summed E-state index contributed by atoms with van der Waals surface area (Å²) in [5.74, 6) is 1.40. The Morgan fingerprint density at radius 1 is 1.22 bits per heavy atom. The van der Waals surface area contributed by atoms with Crippen LogP contribution in [-0.2, 0) is 6.54 Å². The first-order valence-electron chi connectivity index (χ1n) is 7.41. The van der Waals surface area contributed by atoms with Crippen molar-refractivity contribution in [3.05, 3.63) is 65.9 Å². The van der Waals surface area contributed by atoms with Crippen molar-refractivity contribution in [2.75, 3.05) is 0 Å². The van der Waals surface area contributed by atoms with Gasteiger partial charge in [-0.15, -0.1) is 0 Å². The van der Waals surface area contributed by atoms with Gasteiger partial charge in [-0.2, -0.15) is 0 Å². The molecule has 0 aliphatic rings. The number of hydrogen-bond acceptors (Lipinski definition) is 3. The predicted molar refractivity (Wildman–Crippen MR) is 88.2 cm³/mol. The molecule has 5 heteroatoms. The molecule has 5 nitrogen and oxygen atoms in total. The van der Waals surface area contributed by atoms with Gasteiger partial charge in [-0.05, 0) is 31.2 Å². The fraction of sp³-hybridized carbons (Fsp3) is 0.111. The third kappa shape index (κ3) is 2.46. The van der Waals surface area contributed by atoms with Gasteiger partial charge in [-0.1, -0.05) is 18.2 Å². The molecule has 0 bridgehead atoms. The number of aromatic amines is 1. The second-order valence-corrected chi connectivity index (χ2v) is 5.48. The summed E-state index contributed by atoms with van der Waals surface area (Å²) < 4.78 is 5.45. The van der Waals surface area contributed by atoms with Gasteiger partial charge in [0, 0.05) is 17.0 Å². The van der Waals surface area contributed by atoms with Gasteiger partial charge in [0.1, 0.15) is 17.2 Å². The number of aryl methyl sites for hydroxylation is 1. The molecule has 3 aromatic heterocycles. The number of amides is 1. The average molecular weight is 305 g/mol. The second kappa shape index (κ2) is 5.28. The van der Waals surface area contributed by atoms with Crippen LogP contribution in [0.4, 0.5) is 0 Å². The van der Waals surface area contributed by atoms with Crippen molar-refractivity contribution in [3.8, 4) is 0 Å². The Hall–Kier alpha value is -3.08. The molecule has 1 amide bonds. The van der Waals surface area contributed by atoms with Crippen LogP contribution < -0.4 is 5.32 Å². The van der Waals surface area contributed by atoms with Crippen LogP contribution in [0.5, 0.6) is 0 Å². The molecule has 4 aromatic rings. The van der Waals surface area contributed by atoms with Crippen LogP contribution >= 0.6 is 0 Å². The number of pyridine rings is 1. The van der Waals surface area contributed by atoms with Crippen LogP contribution in [0, 0.1) is 6.92 Å². The summed E-state index contributed by atoms with van der Waals surface area (Å²) in [5, 5.41) is 4.86. The van der Waals surface area contributed by atoms with Crippen LogP contribution in [0.15, 0.2) is 53.1 Å². The fourth-order valence-electron chi connectivity index (χ4n) is 2.70. The number of hydrogen-bond donors (Lipinski definition) is 2. The molecule has 114 valence electrons. The smallest absolute Gasteiger partial charge is 0.268 e. The first-order valence-corrected chi connectivity index (χ1v) is 7.41. The van der Waals surface area contributed by atoms with Gasteiger partial charge >= 0.3 is 0 Å². The minimum Gasteiger partial charge on any atom is -0.465 e. The van der Waals surface area contributed by atoms with Crippen molar-refractivity contribution >= 4 is 27.7 Å². The molecule has 0 aliphatic heterocycles. The summed E-state index contributed by atoms with van der Waals surface area (Å²) in [6.07, 6.45) is 1.75. The van der Waals surface area contributed by atoms with Gasteiger partial charge in [0.05, 0.1) is 17.6 Å². The summed E-state index contributed by atoms with van der Waals surface area (Å²) >= 11 is 0. The first kappa shape index (κ1) is 13.6. The monoisotopic (exact) mass is 305 g/mol. The lowest BCUT2D eigenvalue weighted by molar-refractivity contribution is 0.0943. The molecule has 0 unspecified atom stereocenters. The largest absolute Gasteiger partial charge is 0.465 e. The van der Waals surface area contributed by atoms with Gasteiger partial charge in [0.15, 0.2) is 0 Å². The molecule has 1 aromatic carbocycles. The summed E-state index contributed by atoms with van der Waals surface area (Å²) in [4.78, 5) is 19.9. The molecule has 0 spiro atoms. The van der Waals surface area contributed by atoms with E-state index in [-0.39, 0.29) is 5.91 Å². The second-order valence-electron chi connectivity index (χ2n) is 5.48. The van der Waals surface area contributed by atoms with Gasteiger partial charge in [0.25, 0.3) is 5.91 Å². The van der Waals surface area contributed by atoms with Crippen LogP contribution in [0.2, 0.25) is 0 Å². The molecule has 0 fully saturated rings. The zero-order chi connectivity index (χ0) is 15.8. The highest BCUT2D eigenvalue weighted by Crippen LogP contribution is 2.23. The van der Waals surface area contributed by atoms with E-state index in [0.717, 1.165) is 33.3 Å². The Morgan fingerprint density at radius 3 is 2.91 bits per heavy atom. The molecule has 3 heterocycles. The molecular formula is C18H15N3O2. The van der Waals surface area contributed by atoms with Gasteiger partial charge < -0.3 is 14.7 Å². The van der Waals surface area contributed by atoms with Crippen LogP contribution in [-0.4, -0.2) is 15.9 Å². The maximum atomic E-state index is 12.3. The first-order chi connectivity index (χ1) is 11.2. The standard InChI is InChI=1S/C18H15N3O2/c1-11-4-7-14(23-11)10-20-18(22)15-9-13-6-5-12-3-2-8-19-16(12)17(13)21-15/h2-9,21H,10H2,1H3,(H,20,22). The number of benzene rings is 1. The summed E-state index contributed by atoms with van der Waals surface area (Å²) in [6, 6.07) is 13.5. The quantitative estimate of drug-likeness (QED) is 0.608. The van der Waals surface area contributed by atoms with Crippen molar-refractivity contribution in [2.45, 2.75) is 13.5 Å². The molecule has 0 radical (unpaired) electrons. The van der Waals surface area contributed by atoms with Crippen LogP contribution in [0.1, 0.15) is 22.0 Å². The molecular weight excluding hydrogens is 290 g/mol. The lowest BCUT2D eigenvalue weighted by Gasteiger charge is -2.01. The Balaban J connectivity index is 1.63. The van der Waals surface area contributed by atoms with Crippen molar-refractivity contribution in [2.24, 2.45) is 0 Å². The molecule has 0 saturated heterocycles. The van der Waals surface area contributed by atoms with Gasteiger partial charge in [-0.3, -0.25) is 9.78 Å². The number of aromatic nitrogens is 2. The number of furan rings is 1. The number of carbonyl (C=O) groups excluding carboxylic acids is 1. The molecule has 2 N–H and O–H groups in total. The van der Waals surface area contributed by atoms with Crippen molar-refractivity contribution < 1.29 is 9.21 Å². The highest BCUT2D eigenvalue weighted by Gasteiger charge is 2.12. The SMILES string of the molecule is Cc1ccc(CNC(=O)c2cc3ccc4cccnc4c3[nH]2)o1. The van der Waals surface area contributed by atoms with Crippen molar-refractivity contribution in [1.29, 1.82) is 0 Å². The zero-order valence-electron chi connectivity index (χ0n) is 12.6. The van der Waals surface area contributed by atoms with E-state index in [4.69, 9.17) is 4.42 Å². The Morgan fingerprint density at radius 2 is 2.09 bits per heavy atom. The van der Waals surface area contributed by atoms with Crippen molar-refractivity contribution in [1.82, 2.24) is 15.3 Å². The van der Waals surface area contributed by atoms with Gasteiger partial charge in [-0.25, -0.2) is 0 Å². The Labute approximate surface area is 132 Å². The summed E-state index contributed by atoms with van der Waals surface area (Å²) in [6.45, 7) is 2.24. The molecule has 0 atom stereocenters. The van der Waals surface area contributed by atoms with E-state index in [9.17, 15) is 4.79 Å². The molecule has 0 aliphatic carbocycles. The minimum absolute atomic E-state index is 0.167. The number of nitrogens with one attached hydrogen (secondary N) is 2. The lowest BCUT2D eigenvalue weighted by atomic mass is 10.1. The zero-order valence-corrected chi connectivity index (χ0v) is 12.6. The topological polar surface area (TPSA) is 70.9 Å². The highest BCUT2D eigenvalue weighted by molar-refractivity contribution is 6.07. The highest BCUT2D eigenvalue weighted by atomic mass is 16.3. The van der Waals surface area contributed by atoms with Crippen LogP contribution in [0.25, 0.3) is 21.8 Å². The fourth-order valence-corrected chi connectivity index (χ4v) is 2.70. The molecule has 4 rings (SSSR count). The van der Waals surface area contributed by atoms with Crippen LogP contribution in [0.3, 0.4) is 0 Å². The number of nitrogens with zero attached hydrogens (tertiary/aromatic N) is 1. The summed E-state index contributed by atoms with van der Waals surface area (Å²) in [5.41, 5.74) is 2.26. The summed E-state index contributed by atoms with van der Waals surface area (Å²) in [7, 11) is 0. The number of H-pyrrole nitrogens is 1. The molecule has 23 heavy (non-hydrogen) atoms. The van der Waals surface area contributed by atoms with E-state index in [1.54, 1.807) is 6.20 Å². The number of rotatable bonds is 3. The Kier molecular flexibility index (Phi) is 3.12. The number of fused-ring (bicyclic) bond motifs is 3. The van der Waals surface area contributed by atoms with E-state index in [1.807, 2.05) is 49.4 Å². The van der Waals surface area contributed by atoms with E-state index < -0.39 is 0 Å². The van der Waals surface area contributed by atoms with Crippen molar-refractivity contribution in [3.63, 3.8) is 0 Å². The van der Waals surface area contributed by atoms with E-state index in [1.165, 1.54) is 0 Å². The van der Waals surface area contributed by atoms with E-state index in [0.29, 0.717) is 12.2 Å². The normalized spacial score (nSPS) is 11.2. The number of carbonyl (C=O) groups is 1. The third-order valence-corrected chi connectivity index (χ3v) is 3.83.